The third kappa shape index (κ3) is 32.8. The lowest BCUT2D eigenvalue weighted by atomic mass is 9.82. The van der Waals surface area contributed by atoms with Crippen molar-refractivity contribution in [2.75, 3.05) is 104 Å². The van der Waals surface area contributed by atoms with Gasteiger partial charge in [-0.3, -0.25) is 43.4 Å². The van der Waals surface area contributed by atoms with Crippen molar-refractivity contribution in [3.05, 3.63) is 0 Å². The van der Waals surface area contributed by atoms with E-state index < -0.39 is 10.5 Å². The summed E-state index contributed by atoms with van der Waals surface area (Å²) < 4.78 is 36.2. The zero-order chi connectivity index (χ0) is 64.4. The zero-order valence-electron chi connectivity index (χ0n) is 56.5. The average molecular weight is 1260 g/mol. The average Bonchev–Trinajstić information content (AvgIpc) is 3.86. The van der Waals surface area contributed by atoms with Crippen LogP contribution in [0.4, 0.5) is 0 Å². The van der Waals surface area contributed by atoms with E-state index in [-0.39, 0.29) is 120 Å². The Hall–Kier alpha value is -2.85. The molecule has 2 rings (SSSR count). The van der Waals surface area contributed by atoms with E-state index >= 15 is 0 Å². The lowest BCUT2D eigenvalue weighted by molar-refractivity contribution is -0.140. The van der Waals surface area contributed by atoms with Crippen LogP contribution in [0.25, 0.3) is 0 Å². The van der Waals surface area contributed by atoms with Crippen molar-refractivity contribution in [3.63, 3.8) is 0 Å². The summed E-state index contributed by atoms with van der Waals surface area (Å²) in [6.45, 7) is 38.2. The molecule has 2 fully saturated rings. The monoisotopic (exact) mass is 1260 g/mol. The fourth-order valence-corrected chi connectivity index (χ4v) is 13.6. The van der Waals surface area contributed by atoms with Crippen molar-refractivity contribution in [2.45, 2.75) is 259 Å². The number of thioether (sulfide) groups is 2. The van der Waals surface area contributed by atoms with Gasteiger partial charge in [0.15, 0.2) is 0 Å². The van der Waals surface area contributed by atoms with Crippen molar-refractivity contribution in [2.24, 2.45) is 17.3 Å². The Morgan fingerprint density at radius 3 is 1.28 bits per heavy atom. The molecule has 0 bridgehead atoms. The molecule has 4 unspecified atom stereocenters. The topological polar surface area (TPSA) is 209 Å². The lowest BCUT2D eigenvalue weighted by Gasteiger charge is -2.38. The normalized spacial score (nSPS) is 17.1. The fourth-order valence-electron chi connectivity index (χ4n) is 11.2. The Bertz CT molecular complexity index is 1880. The first-order valence-corrected chi connectivity index (χ1v) is 35.1. The van der Waals surface area contributed by atoms with Gasteiger partial charge in [-0.1, -0.05) is 46.5 Å². The van der Waals surface area contributed by atoms with E-state index in [2.05, 4.69) is 86.8 Å². The molecule has 0 radical (unpaired) electrons. The van der Waals surface area contributed by atoms with Crippen LogP contribution in [0.15, 0.2) is 0 Å². The number of carbonyl (C=O) groups is 7. The van der Waals surface area contributed by atoms with Gasteiger partial charge < -0.3 is 44.0 Å². The number of hydrogen-bond donors (Lipinski definition) is 2. The largest absolute Gasteiger partial charge is 0.381 e. The number of carbonyl (C=O) groups excluding carboxylic acids is 7. The summed E-state index contributed by atoms with van der Waals surface area (Å²) in [5, 5.41) is 4.96. The third-order valence-corrected chi connectivity index (χ3v) is 18.8. The molecule has 18 nitrogen and oxygen atoms in total. The SMILES string of the molecule is CCOC(C)(C)CC(COCCCNC(=O)CCN1C(=O)CC(SCCCCCCN(CCCCCCSC2CC(=O)N(CCC(=O)NCCCOCC(CC(C)(C)OCC)C(C)(C)OCC)C2=O)C(=O)CCCC(C)(C)C)C1=O)C(C)(C)OCC. The number of nitrogens with zero attached hydrogens (tertiary/aromatic N) is 3. The van der Waals surface area contributed by atoms with Gasteiger partial charge in [0.05, 0.1) is 46.1 Å². The second-order valence-electron chi connectivity index (χ2n) is 26.8. The van der Waals surface area contributed by atoms with E-state index in [1.165, 1.54) is 33.3 Å². The Balaban J connectivity index is 1.67. The minimum Gasteiger partial charge on any atom is -0.381 e. The van der Waals surface area contributed by atoms with Crippen LogP contribution >= 0.6 is 23.5 Å². The molecule has 0 spiro atoms. The summed E-state index contributed by atoms with van der Waals surface area (Å²) >= 11 is 3.04. The Morgan fingerprint density at radius 1 is 0.523 bits per heavy atom. The highest BCUT2D eigenvalue weighted by molar-refractivity contribution is 8.00. The Labute approximate surface area is 529 Å². The van der Waals surface area contributed by atoms with Crippen molar-refractivity contribution in [3.8, 4) is 0 Å². The quantitative estimate of drug-likeness (QED) is 0.0429. The molecule has 20 heteroatoms. The first kappa shape index (κ1) is 79.2. The minimum absolute atomic E-state index is 0.0620. The van der Waals surface area contributed by atoms with E-state index in [4.69, 9.17) is 28.4 Å². The molecule has 2 N–H and O–H groups in total. The summed E-state index contributed by atoms with van der Waals surface area (Å²) in [6.07, 6.45) is 13.1. The second kappa shape index (κ2) is 41.5. The van der Waals surface area contributed by atoms with E-state index in [9.17, 15) is 33.6 Å². The highest BCUT2D eigenvalue weighted by atomic mass is 32.2. The number of nitrogens with one attached hydrogen (secondary N) is 2. The number of rotatable bonds is 51. The molecular weight excluding hydrogens is 1130 g/mol. The van der Waals surface area contributed by atoms with E-state index in [0.29, 0.717) is 98.3 Å². The Kier molecular flexibility index (Phi) is 38.3. The predicted octanol–water partition coefficient (Wildman–Crippen LogP) is 11.0. The maximum atomic E-state index is 13.5. The first-order chi connectivity index (χ1) is 40.5. The number of unbranched alkanes of at least 4 members (excludes halogenated alkanes) is 6. The summed E-state index contributed by atoms with van der Waals surface area (Å²) in [4.78, 5) is 95.5. The van der Waals surface area contributed by atoms with Gasteiger partial charge in [-0.25, -0.2) is 0 Å². The third-order valence-electron chi connectivity index (χ3n) is 16.2. The Morgan fingerprint density at radius 2 is 0.907 bits per heavy atom. The lowest BCUT2D eigenvalue weighted by Crippen LogP contribution is -2.42. The maximum absolute atomic E-state index is 13.5. The van der Waals surface area contributed by atoms with Gasteiger partial charge in [0, 0.05) is 123 Å². The van der Waals surface area contributed by atoms with Crippen molar-refractivity contribution >= 4 is 64.9 Å². The van der Waals surface area contributed by atoms with Gasteiger partial charge in [0.1, 0.15) is 0 Å². The standard InChI is InChI=1S/C66H121N5O13S2/c1-16-81-63(8,9)47-51(65(12,13)83-18-3)49-79-41-29-35-67-55(72)32-39-70-58(75)45-53(60(70)77)85-43-26-22-20-24-37-69(57(74)31-28-34-62(5,6)7)38-25-21-23-27-44-86-54-46-59(76)71(61(54)78)40-33-56(73)68-36-30-42-80-50-52(66(14,15)84-19-4)48-64(10,11)82-17-2/h51-54H,16-50H2,1-15H3,(H,67,72)(H,68,73). The van der Waals surface area contributed by atoms with Crippen molar-refractivity contribution in [1.82, 2.24) is 25.3 Å². The van der Waals surface area contributed by atoms with Crippen LogP contribution in [0.1, 0.15) is 226 Å². The molecule has 7 amide bonds. The van der Waals surface area contributed by atoms with Gasteiger partial charge in [0.25, 0.3) is 0 Å². The highest BCUT2D eigenvalue weighted by Gasteiger charge is 2.41. The van der Waals surface area contributed by atoms with Gasteiger partial charge in [-0.05, 0) is 164 Å². The second-order valence-corrected chi connectivity index (χ2v) is 29.5. The molecule has 0 aromatic rings. The number of amides is 7. The molecule has 2 aliphatic heterocycles. The molecule has 0 saturated carbocycles. The van der Waals surface area contributed by atoms with Crippen LogP contribution in [0, 0.1) is 17.3 Å². The van der Waals surface area contributed by atoms with Gasteiger partial charge in [0.2, 0.25) is 41.4 Å². The van der Waals surface area contributed by atoms with E-state index in [0.717, 1.165) is 88.6 Å². The molecule has 4 atom stereocenters. The van der Waals surface area contributed by atoms with Crippen LogP contribution in [0.3, 0.4) is 0 Å². The molecular formula is C66H121N5O13S2. The van der Waals surface area contributed by atoms with Crippen LogP contribution in [-0.2, 0) is 62.0 Å². The molecule has 0 aromatic carbocycles. The van der Waals surface area contributed by atoms with Crippen molar-refractivity contribution in [1.29, 1.82) is 0 Å². The van der Waals surface area contributed by atoms with Crippen LogP contribution in [-0.4, -0.2) is 193 Å². The van der Waals surface area contributed by atoms with Crippen LogP contribution in [0.2, 0.25) is 0 Å². The molecule has 2 saturated heterocycles. The number of hydrogen-bond acceptors (Lipinski definition) is 15. The van der Waals surface area contributed by atoms with E-state index in [1.54, 1.807) is 0 Å². The van der Waals surface area contributed by atoms with E-state index in [1.807, 2.05) is 32.6 Å². The molecule has 0 aromatic heterocycles. The van der Waals surface area contributed by atoms with Crippen LogP contribution in [0.5, 0.6) is 0 Å². The summed E-state index contributed by atoms with van der Waals surface area (Å²) in [5.74, 6) is 0.667. The fraction of sp³-hybridized carbons (Fsp3) is 0.894. The summed E-state index contributed by atoms with van der Waals surface area (Å²) in [5.41, 5.74) is -1.22. The van der Waals surface area contributed by atoms with Gasteiger partial charge in [-0.15, -0.1) is 23.5 Å². The predicted molar refractivity (Wildman–Crippen MR) is 347 cm³/mol. The molecule has 0 aliphatic carbocycles. The summed E-state index contributed by atoms with van der Waals surface area (Å²) in [7, 11) is 0. The maximum Gasteiger partial charge on any atom is 0.242 e. The molecule has 500 valence electrons. The van der Waals surface area contributed by atoms with Gasteiger partial charge in [-0.2, -0.15) is 0 Å². The minimum atomic E-state index is -0.424. The van der Waals surface area contributed by atoms with Gasteiger partial charge >= 0.3 is 0 Å². The van der Waals surface area contributed by atoms with Crippen molar-refractivity contribution < 1.29 is 62.0 Å². The smallest absolute Gasteiger partial charge is 0.242 e. The van der Waals surface area contributed by atoms with Crippen LogP contribution < -0.4 is 10.6 Å². The number of imide groups is 2. The molecule has 2 aliphatic rings. The number of ether oxygens (including phenoxy) is 6. The summed E-state index contributed by atoms with van der Waals surface area (Å²) in [6, 6.07) is 0. The first-order valence-electron chi connectivity index (χ1n) is 33.0. The molecule has 2 heterocycles. The highest BCUT2D eigenvalue weighted by Crippen LogP contribution is 2.34. The number of likely N-dealkylation sites (tertiary alicyclic amines) is 2. The molecule has 86 heavy (non-hydrogen) atoms. The zero-order valence-corrected chi connectivity index (χ0v) is 58.2.